The van der Waals surface area contributed by atoms with Gasteiger partial charge in [0.05, 0.1) is 5.69 Å². The molecule has 1 atom stereocenters. The number of aromatic nitrogens is 1. The molecule has 2 heterocycles. The van der Waals surface area contributed by atoms with Crippen LogP contribution in [0.4, 0.5) is 4.79 Å². The maximum Gasteiger partial charge on any atom is 0.325 e. The van der Waals surface area contributed by atoms with E-state index in [2.05, 4.69) is 26.1 Å². The van der Waals surface area contributed by atoms with Gasteiger partial charge in [0.1, 0.15) is 11.3 Å². The zero-order valence-corrected chi connectivity index (χ0v) is 17.5. The van der Waals surface area contributed by atoms with Crippen LogP contribution in [0.3, 0.4) is 0 Å². The molecule has 28 heavy (non-hydrogen) atoms. The van der Waals surface area contributed by atoms with E-state index in [0.29, 0.717) is 38.4 Å². The third-order valence-electron chi connectivity index (χ3n) is 5.17. The van der Waals surface area contributed by atoms with Crippen molar-refractivity contribution in [3.63, 3.8) is 0 Å². The number of rotatable bonds is 9. The summed E-state index contributed by atoms with van der Waals surface area (Å²) in [6.07, 6.45) is 2.81. The highest BCUT2D eigenvalue weighted by molar-refractivity contribution is 6.06. The molecular weight excluding hydrogens is 360 g/mol. The average molecular weight is 393 g/mol. The Bertz CT molecular complexity index is 708. The van der Waals surface area contributed by atoms with E-state index < -0.39 is 5.54 Å². The molecule has 0 aliphatic carbocycles. The van der Waals surface area contributed by atoms with Crippen LogP contribution in [0.5, 0.6) is 0 Å². The molecule has 1 unspecified atom stereocenters. The largest absolute Gasteiger partial charge is 0.361 e. The van der Waals surface area contributed by atoms with Gasteiger partial charge in [0.15, 0.2) is 5.96 Å². The van der Waals surface area contributed by atoms with Crippen LogP contribution in [0.1, 0.15) is 57.6 Å². The van der Waals surface area contributed by atoms with E-state index >= 15 is 0 Å². The zero-order valence-electron chi connectivity index (χ0n) is 17.5. The minimum absolute atomic E-state index is 0.158. The maximum atomic E-state index is 12.4. The molecule has 1 fully saturated rings. The number of carbonyl (C=O) groups excluding carboxylic acids is 2. The van der Waals surface area contributed by atoms with Crippen LogP contribution in [0.15, 0.2) is 9.52 Å². The SMILES string of the molecule is CCc1noc(CC)c1CNC(=NC)NCCCN1C(=O)NC(C)(CC)C1=O. The molecule has 9 heteroatoms. The summed E-state index contributed by atoms with van der Waals surface area (Å²) in [5, 5.41) is 13.4. The second-order valence-electron chi connectivity index (χ2n) is 7.02. The van der Waals surface area contributed by atoms with E-state index in [1.807, 2.05) is 20.8 Å². The summed E-state index contributed by atoms with van der Waals surface area (Å²) in [4.78, 5) is 29.9. The van der Waals surface area contributed by atoms with Gasteiger partial charge >= 0.3 is 6.03 Å². The lowest BCUT2D eigenvalue weighted by Gasteiger charge is -2.19. The molecule has 0 saturated carbocycles. The number of aliphatic imine (C=N–C) groups is 1. The fraction of sp³-hybridized carbons (Fsp3) is 0.684. The lowest BCUT2D eigenvalue weighted by atomic mass is 9.99. The summed E-state index contributed by atoms with van der Waals surface area (Å²) >= 11 is 0. The van der Waals surface area contributed by atoms with Crippen molar-refractivity contribution in [3.05, 3.63) is 17.0 Å². The normalized spacial score (nSPS) is 19.9. The summed E-state index contributed by atoms with van der Waals surface area (Å²) in [5.41, 5.74) is 1.25. The Labute approximate surface area is 166 Å². The molecule has 0 bridgehead atoms. The Balaban J connectivity index is 1.80. The number of urea groups is 1. The van der Waals surface area contributed by atoms with Gasteiger partial charge in [-0.1, -0.05) is 25.9 Å². The summed E-state index contributed by atoms with van der Waals surface area (Å²) in [6, 6.07) is -0.316. The van der Waals surface area contributed by atoms with Crippen LogP contribution >= 0.6 is 0 Å². The first kappa shape index (κ1) is 21.7. The van der Waals surface area contributed by atoms with Crippen molar-refractivity contribution in [1.29, 1.82) is 0 Å². The van der Waals surface area contributed by atoms with Gasteiger partial charge in [-0.3, -0.25) is 14.7 Å². The van der Waals surface area contributed by atoms with Gasteiger partial charge in [0, 0.05) is 38.7 Å². The third kappa shape index (κ3) is 4.63. The molecule has 0 radical (unpaired) electrons. The highest BCUT2D eigenvalue weighted by Gasteiger charge is 2.45. The Morgan fingerprint density at radius 3 is 2.57 bits per heavy atom. The van der Waals surface area contributed by atoms with E-state index in [4.69, 9.17) is 4.52 Å². The van der Waals surface area contributed by atoms with Crippen LogP contribution in [0, 0.1) is 0 Å². The van der Waals surface area contributed by atoms with Crippen LogP contribution in [-0.4, -0.2) is 53.6 Å². The van der Waals surface area contributed by atoms with Gasteiger partial charge < -0.3 is 20.5 Å². The lowest BCUT2D eigenvalue weighted by Crippen LogP contribution is -2.43. The van der Waals surface area contributed by atoms with Crippen LogP contribution in [0.25, 0.3) is 0 Å². The van der Waals surface area contributed by atoms with Gasteiger partial charge in [-0.15, -0.1) is 0 Å². The first-order chi connectivity index (χ1) is 13.4. The number of aryl methyl sites for hydroxylation is 2. The van der Waals surface area contributed by atoms with Crippen molar-refractivity contribution in [1.82, 2.24) is 26.0 Å². The average Bonchev–Trinajstić information content (AvgIpc) is 3.20. The molecule has 3 amide bonds. The van der Waals surface area contributed by atoms with E-state index in [0.717, 1.165) is 29.9 Å². The van der Waals surface area contributed by atoms with E-state index in [-0.39, 0.29) is 11.9 Å². The van der Waals surface area contributed by atoms with Crippen molar-refractivity contribution < 1.29 is 14.1 Å². The monoisotopic (exact) mass is 392 g/mol. The maximum absolute atomic E-state index is 12.4. The van der Waals surface area contributed by atoms with E-state index in [1.54, 1.807) is 14.0 Å². The minimum Gasteiger partial charge on any atom is -0.361 e. The number of carbonyl (C=O) groups is 2. The Hall–Kier alpha value is -2.58. The minimum atomic E-state index is -0.783. The number of nitrogens with one attached hydrogen (secondary N) is 3. The predicted molar refractivity (Wildman–Crippen MR) is 107 cm³/mol. The molecule has 1 aromatic heterocycles. The zero-order chi connectivity index (χ0) is 20.7. The summed E-state index contributed by atoms with van der Waals surface area (Å²) in [6.45, 7) is 9.28. The standard InChI is InChI=1S/C19H32N6O3/c1-6-14-13(15(7-2)28-24-14)12-22-17(20-5)21-10-9-11-25-16(26)19(4,8-3)23-18(25)27/h6-12H2,1-5H3,(H,23,27)(H2,20,21,22). The first-order valence-electron chi connectivity index (χ1n) is 9.95. The highest BCUT2D eigenvalue weighted by Crippen LogP contribution is 2.20. The van der Waals surface area contributed by atoms with E-state index in [9.17, 15) is 9.59 Å². The Morgan fingerprint density at radius 2 is 2.00 bits per heavy atom. The third-order valence-corrected chi connectivity index (χ3v) is 5.17. The van der Waals surface area contributed by atoms with Gasteiger partial charge in [-0.05, 0) is 26.2 Å². The molecule has 1 aliphatic rings. The van der Waals surface area contributed by atoms with Crippen LogP contribution < -0.4 is 16.0 Å². The second-order valence-corrected chi connectivity index (χ2v) is 7.02. The van der Waals surface area contributed by atoms with Crippen molar-refractivity contribution in [2.24, 2.45) is 4.99 Å². The van der Waals surface area contributed by atoms with Crippen LogP contribution in [0.2, 0.25) is 0 Å². The van der Waals surface area contributed by atoms with Gasteiger partial charge in [0.25, 0.3) is 5.91 Å². The fourth-order valence-corrected chi connectivity index (χ4v) is 3.16. The molecule has 0 aromatic carbocycles. The van der Waals surface area contributed by atoms with E-state index in [1.165, 1.54) is 4.90 Å². The van der Waals surface area contributed by atoms with Gasteiger partial charge in [0.2, 0.25) is 0 Å². The Kier molecular flexibility index (Phi) is 7.42. The van der Waals surface area contributed by atoms with Crippen molar-refractivity contribution in [3.8, 4) is 0 Å². The van der Waals surface area contributed by atoms with Crippen molar-refractivity contribution in [2.75, 3.05) is 20.1 Å². The van der Waals surface area contributed by atoms with Crippen molar-refractivity contribution >= 4 is 17.9 Å². The quantitative estimate of drug-likeness (QED) is 0.255. The number of hydrogen-bond donors (Lipinski definition) is 3. The number of nitrogens with zero attached hydrogens (tertiary/aromatic N) is 3. The molecule has 9 nitrogen and oxygen atoms in total. The van der Waals surface area contributed by atoms with Crippen LogP contribution in [-0.2, 0) is 24.2 Å². The topological polar surface area (TPSA) is 112 Å². The number of guanidine groups is 1. The van der Waals surface area contributed by atoms with Crippen molar-refractivity contribution in [2.45, 2.75) is 65.5 Å². The smallest absolute Gasteiger partial charge is 0.325 e. The van der Waals surface area contributed by atoms with Gasteiger partial charge in [-0.2, -0.15) is 0 Å². The number of amides is 3. The molecule has 0 spiro atoms. The predicted octanol–water partition coefficient (Wildman–Crippen LogP) is 1.58. The van der Waals surface area contributed by atoms with Gasteiger partial charge in [-0.25, -0.2) is 4.79 Å². The molecule has 1 aliphatic heterocycles. The number of hydrogen-bond acceptors (Lipinski definition) is 5. The fourth-order valence-electron chi connectivity index (χ4n) is 3.16. The second kappa shape index (κ2) is 9.57. The lowest BCUT2D eigenvalue weighted by molar-refractivity contribution is -0.130. The summed E-state index contributed by atoms with van der Waals surface area (Å²) in [5.74, 6) is 1.38. The number of imide groups is 1. The molecule has 1 saturated heterocycles. The molecule has 3 N–H and O–H groups in total. The molecule has 2 rings (SSSR count). The Morgan fingerprint density at radius 1 is 1.25 bits per heavy atom. The highest BCUT2D eigenvalue weighted by atomic mass is 16.5. The summed E-state index contributed by atoms with van der Waals surface area (Å²) in [7, 11) is 1.70. The molecular formula is C19H32N6O3. The molecule has 156 valence electrons. The first-order valence-corrected chi connectivity index (χ1v) is 9.95. The summed E-state index contributed by atoms with van der Waals surface area (Å²) < 4.78 is 5.38. The molecule has 1 aromatic rings.